The van der Waals surface area contributed by atoms with Gasteiger partial charge in [0.25, 0.3) is 0 Å². The molecule has 0 heterocycles. The second kappa shape index (κ2) is 30.5. The minimum atomic E-state index is -4.29. The molecule has 252 valence electrons. The van der Waals surface area contributed by atoms with Crippen LogP contribution in [-0.2, 0) is 18.4 Å². The monoisotopic (exact) mass is 620 g/mol. The quantitative estimate of drug-likeness (QED) is 0.0426. The molecule has 0 aliphatic carbocycles. The Morgan fingerprint density at radius 1 is 0.690 bits per heavy atom. The minimum absolute atomic E-state index is 0.0918. The van der Waals surface area contributed by atoms with Gasteiger partial charge in [-0.3, -0.25) is 13.8 Å². The molecule has 0 aliphatic heterocycles. The number of unbranched alkanes of at least 4 members (excludes halogenated alkanes) is 21. The highest BCUT2D eigenvalue weighted by Crippen LogP contribution is 2.43. The van der Waals surface area contributed by atoms with Crippen LogP contribution in [0, 0.1) is 0 Å². The summed E-state index contributed by atoms with van der Waals surface area (Å²) in [7, 11) is -4.29. The summed E-state index contributed by atoms with van der Waals surface area (Å²) in [6, 6.07) is -0.764. The Morgan fingerprint density at radius 2 is 1.10 bits per heavy atom. The van der Waals surface area contributed by atoms with Crippen molar-refractivity contribution < 1.29 is 28.4 Å². The van der Waals surface area contributed by atoms with Gasteiger partial charge in [-0.15, -0.1) is 0 Å². The van der Waals surface area contributed by atoms with Crippen LogP contribution in [-0.4, -0.2) is 47.8 Å². The first kappa shape index (κ1) is 41.5. The number of carbonyl (C=O) groups is 1. The molecule has 0 saturated heterocycles. The predicted octanol–water partition coefficient (Wildman–Crippen LogP) is 8.72. The molecule has 0 fully saturated rings. The van der Waals surface area contributed by atoms with E-state index in [0.29, 0.717) is 12.8 Å². The van der Waals surface area contributed by atoms with Crippen molar-refractivity contribution in [3.05, 3.63) is 0 Å². The second-order valence-corrected chi connectivity index (χ2v) is 13.5. The van der Waals surface area contributed by atoms with Gasteiger partial charge in [-0.05, 0) is 12.8 Å². The van der Waals surface area contributed by atoms with Crippen molar-refractivity contribution in [2.75, 3.05) is 19.8 Å². The van der Waals surface area contributed by atoms with E-state index in [9.17, 15) is 19.4 Å². The van der Waals surface area contributed by atoms with Crippen molar-refractivity contribution in [2.24, 2.45) is 5.73 Å². The fourth-order valence-electron chi connectivity index (χ4n) is 5.25. The number of phosphoric ester groups is 1. The molecule has 0 radical (unpaired) electrons. The van der Waals surface area contributed by atoms with Crippen LogP contribution in [0.3, 0.4) is 0 Å². The zero-order valence-corrected chi connectivity index (χ0v) is 28.4. The van der Waals surface area contributed by atoms with Crippen LogP contribution < -0.4 is 11.1 Å². The highest BCUT2D eigenvalue weighted by Gasteiger charge is 2.27. The zero-order valence-electron chi connectivity index (χ0n) is 27.5. The van der Waals surface area contributed by atoms with E-state index in [1.165, 1.54) is 109 Å². The standard InChI is InChI=1S/C33H69N2O6P/c1-3-5-7-9-11-13-14-15-16-17-18-19-20-22-24-26-32(36)31(30-41-42(38,39)40-29-28-34)35-33(37)27-25-23-21-12-10-8-6-4-2/h31-32,36H,3-30,34H2,1-2H3,(H,35,37)(H,38,39)/t31-,32+/m0/s1. The van der Waals surface area contributed by atoms with E-state index >= 15 is 0 Å². The van der Waals surface area contributed by atoms with E-state index in [1.54, 1.807) is 0 Å². The number of rotatable bonds is 33. The van der Waals surface area contributed by atoms with Crippen LogP contribution in [0.5, 0.6) is 0 Å². The molecule has 1 amide bonds. The van der Waals surface area contributed by atoms with Gasteiger partial charge in [-0.25, -0.2) is 4.57 Å². The van der Waals surface area contributed by atoms with Gasteiger partial charge >= 0.3 is 7.82 Å². The van der Waals surface area contributed by atoms with E-state index in [0.717, 1.165) is 38.5 Å². The van der Waals surface area contributed by atoms with Gasteiger partial charge in [0, 0.05) is 13.0 Å². The van der Waals surface area contributed by atoms with Crippen LogP contribution in [0.15, 0.2) is 0 Å². The molecule has 42 heavy (non-hydrogen) atoms. The van der Waals surface area contributed by atoms with Gasteiger partial charge in [0.2, 0.25) is 5.91 Å². The number of hydrogen-bond acceptors (Lipinski definition) is 6. The molecule has 0 rings (SSSR count). The molecule has 3 atom stereocenters. The number of carbonyl (C=O) groups excluding carboxylic acids is 1. The van der Waals surface area contributed by atoms with E-state index < -0.39 is 20.0 Å². The Bertz CT molecular complexity index is 640. The third-order valence-corrected chi connectivity index (χ3v) is 8.95. The first-order valence-electron chi connectivity index (χ1n) is 17.7. The molecule has 8 nitrogen and oxygen atoms in total. The minimum Gasteiger partial charge on any atom is -0.391 e. The van der Waals surface area contributed by atoms with E-state index in [1.807, 2.05) is 0 Å². The fourth-order valence-corrected chi connectivity index (χ4v) is 6.01. The van der Waals surface area contributed by atoms with E-state index in [4.69, 9.17) is 14.8 Å². The van der Waals surface area contributed by atoms with Crippen molar-refractivity contribution >= 4 is 13.7 Å². The molecule has 0 aromatic heterocycles. The molecular weight excluding hydrogens is 551 g/mol. The Labute approximate surface area is 259 Å². The lowest BCUT2D eigenvalue weighted by molar-refractivity contribution is -0.123. The van der Waals surface area contributed by atoms with Gasteiger partial charge in [-0.2, -0.15) is 0 Å². The number of aliphatic hydroxyl groups excluding tert-OH is 1. The largest absolute Gasteiger partial charge is 0.472 e. The lowest BCUT2D eigenvalue weighted by atomic mass is 10.0. The summed E-state index contributed by atoms with van der Waals surface area (Å²) in [6.07, 6.45) is 28.3. The summed E-state index contributed by atoms with van der Waals surface area (Å²) in [5.74, 6) is -0.166. The van der Waals surface area contributed by atoms with Crippen LogP contribution in [0.2, 0.25) is 0 Å². The van der Waals surface area contributed by atoms with Crippen LogP contribution in [0.4, 0.5) is 0 Å². The Kier molecular flexibility index (Phi) is 30.2. The van der Waals surface area contributed by atoms with Gasteiger partial charge in [0.15, 0.2) is 0 Å². The van der Waals surface area contributed by atoms with Crippen molar-refractivity contribution in [1.82, 2.24) is 5.32 Å². The van der Waals surface area contributed by atoms with Crippen LogP contribution in [0.1, 0.15) is 174 Å². The molecule has 0 aromatic rings. The number of amides is 1. The highest BCUT2D eigenvalue weighted by molar-refractivity contribution is 7.47. The van der Waals surface area contributed by atoms with Gasteiger partial charge in [0.05, 0.1) is 25.4 Å². The normalized spacial score (nSPS) is 14.5. The summed E-state index contributed by atoms with van der Waals surface area (Å²) >= 11 is 0. The van der Waals surface area contributed by atoms with Crippen molar-refractivity contribution in [3.8, 4) is 0 Å². The number of nitrogens with one attached hydrogen (secondary N) is 1. The summed E-state index contributed by atoms with van der Waals surface area (Å²) < 4.78 is 22.0. The number of phosphoric acid groups is 1. The maximum Gasteiger partial charge on any atom is 0.472 e. The van der Waals surface area contributed by atoms with Crippen LogP contribution in [0.25, 0.3) is 0 Å². The van der Waals surface area contributed by atoms with Gasteiger partial charge in [0.1, 0.15) is 0 Å². The van der Waals surface area contributed by atoms with Crippen LogP contribution >= 0.6 is 7.82 Å². The Hall–Kier alpha value is -0.500. The topological polar surface area (TPSA) is 131 Å². The summed E-state index contributed by atoms with van der Waals surface area (Å²) in [5, 5.41) is 13.7. The fraction of sp³-hybridized carbons (Fsp3) is 0.970. The number of hydrogen-bond donors (Lipinski definition) is 4. The smallest absolute Gasteiger partial charge is 0.391 e. The lowest BCUT2D eigenvalue weighted by Crippen LogP contribution is -2.46. The van der Waals surface area contributed by atoms with Crippen molar-refractivity contribution in [1.29, 1.82) is 0 Å². The van der Waals surface area contributed by atoms with E-state index in [2.05, 4.69) is 19.2 Å². The average Bonchev–Trinajstić information content (AvgIpc) is 2.97. The first-order valence-corrected chi connectivity index (χ1v) is 19.1. The molecule has 0 bridgehead atoms. The lowest BCUT2D eigenvalue weighted by Gasteiger charge is -2.25. The van der Waals surface area contributed by atoms with Crippen molar-refractivity contribution in [3.63, 3.8) is 0 Å². The zero-order chi connectivity index (χ0) is 31.2. The Balaban J connectivity index is 4.22. The van der Waals surface area contributed by atoms with Gasteiger partial charge < -0.3 is 21.1 Å². The summed E-state index contributed by atoms with van der Waals surface area (Å²) in [6.45, 7) is 4.17. The average molecular weight is 621 g/mol. The first-order chi connectivity index (χ1) is 20.4. The number of nitrogens with two attached hydrogens (primary N) is 1. The molecule has 9 heteroatoms. The second-order valence-electron chi connectivity index (χ2n) is 12.1. The summed E-state index contributed by atoms with van der Waals surface area (Å²) in [5.41, 5.74) is 5.34. The third kappa shape index (κ3) is 28.3. The molecular formula is C33H69N2O6P. The summed E-state index contributed by atoms with van der Waals surface area (Å²) in [4.78, 5) is 22.5. The molecule has 5 N–H and O–H groups in total. The SMILES string of the molecule is CCCCCCCCCCCCCCCCC[C@@H](O)[C@H](COP(=O)(O)OCCN)NC(=O)CCCCCCCCCC. The predicted molar refractivity (Wildman–Crippen MR) is 175 cm³/mol. The maximum absolute atomic E-state index is 12.6. The molecule has 0 aliphatic rings. The molecule has 1 unspecified atom stereocenters. The molecule has 0 spiro atoms. The third-order valence-electron chi connectivity index (χ3n) is 7.96. The molecule has 0 aromatic carbocycles. The number of aliphatic hydroxyl groups is 1. The van der Waals surface area contributed by atoms with Gasteiger partial charge in [-0.1, -0.05) is 155 Å². The molecule has 0 saturated carbocycles. The maximum atomic E-state index is 12.6. The van der Waals surface area contributed by atoms with E-state index in [-0.39, 0.29) is 25.7 Å². The Morgan fingerprint density at radius 3 is 1.52 bits per heavy atom. The van der Waals surface area contributed by atoms with Crippen molar-refractivity contribution in [2.45, 2.75) is 187 Å². The highest BCUT2D eigenvalue weighted by atomic mass is 31.2.